The number of hydrogen-bond donors (Lipinski definition) is 1. The lowest BCUT2D eigenvalue weighted by Crippen LogP contribution is -2.52. The van der Waals surface area contributed by atoms with Crippen LogP contribution < -0.4 is 5.32 Å². The molecule has 2 heterocycles. The maximum absolute atomic E-state index is 12.9. The van der Waals surface area contributed by atoms with Gasteiger partial charge in [-0.25, -0.2) is 0 Å². The van der Waals surface area contributed by atoms with Crippen LogP contribution in [0.25, 0.3) is 0 Å². The number of methoxy groups -OCH3 is 1. The SMILES string of the molecule is C=CCN(CCOC)C(=O)C1CCCN1C1CCNCC1. The second kappa shape index (κ2) is 8.51. The normalized spacial score (nSPS) is 24.1. The molecule has 0 aromatic carbocycles. The van der Waals surface area contributed by atoms with Crippen LogP contribution in [0.4, 0.5) is 0 Å². The van der Waals surface area contributed by atoms with Crippen LogP contribution in [0.15, 0.2) is 12.7 Å². The topological polar surface area (TPSA) is 44.8 Å². The second-order valence-electron chi connectivity index (χ2n) is 5.94. The smallest absolute Gasteiger partial charge is 0.240 e. The maximum Gasteiger partial charge on any atom is 0.240 e. The van der Waals surface area contributed by atoms with Crippen LogP contribution in [0.2, 0.25) is 0 Å². The van der Waals surface area contributed by atoms with E-state index in [2.05, 4.69) is 16.8 Å². The van der Waals surface area contributed by atoms with E-state index in [0.29, 0.717) is 25.7 Å². The van der Waals surface area contributed by atoms with Gasteiger partial charge in [0.05, 0.1) is 12.6 Å². The predicted molar refractivity (Wildman–Crippen MR) is 84.3 cm³/mol. The van der Waals surface area contributed by atoms with E-state index in [9.17, 15) is 4.79 Å². The molecule has 5 heteroatoms. The number of carbonyl (C=O) groups excluding carboxylic acids is 1. The third kappa shape index (κ3) is 4.28. The van der Waals surface area contributed by atoms with Crippen LogP contribution in [0.3, 0.4) is 0 Å². The molecule has 21 heavy (non-hydrogen) atoms. The van der Waals surface area contributed by atoms with Gasteiger partial charge in [0, 0.05) is 26.2 Å². The molecule has 5 nitrogen and oxygen atoms in total. The molecule has 1 amide bonds. The molecule has 2 rings (SSSR count). The summed E-state index contributed by atoms with van der Waals surface area (Å²) in [7, 11) is 1.67. The number of hydrogen-bond acceptors (Lipinski definition) is 4. The van der Waals surface area contributed by atoms with Gasteiger partial charge in [0.15, 0.2) is 0 Å². The van der Waals surface area contributed by atoms with Gasteiger partial charge in [0.2, 0.25) is 5.91 Å². The van der Waals surface area contributed by atoms with Gasteiger partial charge in [-0.15, -0.1) is 6.58 Å². The van der Waals surface area contributed by atoms with Gasteiger partial charge in [0.25, 0.3) is 0 Å². The van der Waals surface area contributed by atoms with Crippen LogP contribution in [0, 0.1) is 0 Å². The highest BCUT2D eigenvalue weighted by molar-refractivity contribution is 5.82. The van der Waals surface area contributed by atoms with Crippen LogP contribution in [0.1, 0.15) is 25.7 Å². The zero-order chi connectivity index (χ0) is 15.1. The minimum absolute atomic E-state index is 0.0601. The number of ether oxygens (including phenoxy) is 1. The zero-order valence-corrected chi connectivity index (χ0v) is 13.2. The van der Waals surface area contributed by atoms with Gasteiger partial charge in [0.1, 0.15) is 0 Å². The summed E-state index contributed by atoms with van der Waals surface area (Å²) in [6.07, 6.45) is 6.24. The fraction of sp³-hybridized carbons (Fsp3) is 0.812. The lowest BCUT2D eigenvalue weighted by molar-refractivity contribution is -0.137. The van der Waals surface area contributed by atoms with Crippen molar-refractivity contribution in [2.24, 2.45) is 0 Å². The highest BCUT2D eigenvalue weighted by Crippen LogP contribution is 2.25. The summed E-state index contributed by atoms with van der Waals surface area (Å²) in [6.45, 7) is 8.82. The van der Waals surface area contributed by atoms with Crippen molar-refractivity contribution in [2.45, 2.75) is 37.8 Å². The molecule has 1 N–H and O–H groups in total. The van der Waals surface area contributed by atoms with Gasteiger partial charge >= 0.3 is 0 Å². The summed E-state index contributed by atoms with van der Waals surface area (Å²) in [6, 6.07) is 0.626. The van der Waals surface area contributed by atoms with Gasteiger partial charge < -0.3 is 15.0 Å². The number of amides is 1. The Labute approximate surface area is 128 Å². The van der Waals surface area contributed by atoms with Crippen LogP contribution >= 0.6 is 0 Å². The second-order valence-corrected chi connectivity index (χ2v) is 5.94. The fourth-order valence-corrected chi connectivity index (χ4v) is 3.49. The fourth-order valence-electron chi connectivity index (χ4n) is 3.49. The first-order valence-corrected chi connectivity index (χ1v) is 8.13. The van der Waals surface area contributed by atoms with Gasteiger partial charge in [-0.1, -0.05) is 6.08 Å². The monoisotopic (exact) mass is 295 g/mol. The van der Waals surface area contributed by atoms with Crippen molar-refractivity contribution in [1.29, 1.82) is 0 Å². The number of carbonyl (C=O) groups is 1. The first kappa shape index (κ1) is 16.5. The third-order valence-corrected chi connectivity index (χ3v) is 4.58. The van der Waals surface area contributed by atoms with Gasteiger partial charge in [-0.2, -0.15) is 0 Å². The van der Waals surface area contributed by atoms with Crippen LogP contribution in [0.5, 0.6) is 0 Å². The molecule has 1 unspecified atom stereocenters. The Morgan fingerprint density at radius 1 is 1.43 bits per heavy atom. The number of nitrogens with zero attached hydrogens (tertiary/aromatic N) is 2. The number of nitrogens with one attached hydrogen (secondary N) is 1. The van der Waals surface area contributed by atoms with Gasteiger partial charge in [-0.05, 0) is 45.3 Å². The number of rotatable bonds is 7. The molecule has 2 saturated heterocycles. The Morgan fingerprint density at radius 2 is 2.19 bits per heavy atom. The molecule has 0 bridgehead atoms. The molecule has 0 spiro atoms. The minimum atomic E-state index is 0.0601. The van der Waals surface area contributed by atoms with E-state index in [1.165, 1.54) is 0 Å². The Morgan fingerprint density at radius 3 is 2.86 bits per heavy atom. The summed E-state index contributed by atoms with van der Waals surface area (Å²) in [5.41, 5.74) is 0. The molecular formula is C16H29N3O2. The quantitative estimate of drug-likeness (QED) is 0.708. The summed E-state index contributed by atoms with van der Waals surface area (Å²) < 4.78 is 5.12. The van der Waals surface area contributed by atoms with Crippen LogP contribution in [-0.2, 0) is 9.53 Å². The summed E-state index contributed by atoms with van der Waals surface area (Å²) in [4.78, 5) is 17.2. The summed E-state index contributed by atoms with van der Waals surface area (Å²) in [5, 5.41) is 3.40. The van der Waals surface area contributed by atoms with E-state index in [0.717, 1.165) is 45.3 Å². The molecule has 0 aromatic rings. The molecule has 0 saturated carbocycles. The average molecular weight is 295 g/mol. The largest absolute Gasteiger partial charge is 0.383 e. The van der Waals surface area contributed by atoms with Gasteiger partial charge in [-0.3, -0.25) is 9.69 Å². The van der Waals surface area contributed by atoms with E-state index in [1.807, 2.05) is 4.90 Å². The summed E-state index contributed by atoms with van der Waals surface area (Å²) >= 11 is 0. The average Bonchev–Trinajstić information content (AvgIpc) is 3.01. The van der Waals surface area contributed by atoms with Crippen LogP contribution in [-0.4, -0.2) is 74.2 Å². The molecule has 2 fully saturated rings. The molecule has 0 aromatic heterocycles. The van der Waals surface area contributed by atoms with E-state index < -0.39 is 0 Å². The molecule has 2 aliphatic rings. The molecule has 120 valence electrons. The van der Waals surface area contributed by atoms with E-state index >= 15 is 0 Å². The van der Waals surface area contributed by atoms with Crippen molar-refractivity contribution in [2.75, 3.05) is 46.4 Å². The third-order valence-electron chi connectivity index (χ3n) is 4.58. The minimum Gasteiger partial charge on any atom is -0.383 e. The maximum atomic E-state index is 12.9. The van der Waals surface area contributed by atoms with Crippen molar-refractivity contribution < 1.29 is 9.53 Å². The van der Waals surface area contributed by atoms with Crippen molar-refractivity contribution >= 4 is 5.91 Å². The standard InChI is InChI=1S/C16H29N3O2/c1-3-10-18(12-13-21-2)16(20)15-5-4-11-19(15)14-6-8-17-9-7-14/h3,14-15,17H,1,4-13H2,2H3. The van der Waals surface area contributed by atoms with Crippen molar-refractivity contribution in [1.82, 2.24) is 15.1 Å². The molecular weight excluding hydrogens is 266 g/mol. The highest BCUT2D eigenvalue weighted by atomic mass is 16.5. The lowest BCUT2D eigenvalue weighted by atomic mass is 10.0. The Kier molecular flexibility index (Phi) is 6.67. The molecule has 0 aliphatic carbocycles. The Hall–Kier alpha value is -0.910. The highest BCUT2D eigenvalue weighted by Gasteiger charge is 2.37. The predicted octanol–water partition coefficient (Wildman–Crippen LogP) is 0.864. The number of piperidine rings is 1. The van der Waals surface area contributed by atoms with E-state index in [4.69, 9.17) is 4.74 Å². The van der Waals surface area contributed by atoms with E-state index in [-0.39, 0.29) is 11.9 Å². The lowest BCUT2D eigenvalue weighted by Gasteiger charge is -2.37. The van der Waals surface area contributed by atoms with Crippen molar-refractivity contribution in [3.05, 3.63) is 12.7 Å². The van der Waals surface area contributed by atoms with Crippen molar-refractivity contribution in [3.8, 4) is 0 Å². The zero-order valence-electron chi connectivity index (χ0n) is 13.2. The summed E-state index contributed by atoms with van der Waals surface area (Å²) in [5.74, 6) is 0.253. The number of likely N-dealkylation sites (tertiary alicyclic amines) is 1. The Balaban J connectivity index is 1.98. The molecule has 1 atom stereocenters. The first-order valence-electron chi connectivity index (χ1n) is 8.13. The first-order chi connectivity index (χ1) is 10.3. The van der Waals surface area contributed by atoms with Crippen molar-refractivity contribution in [3.63, 3.8) is 0 Å². The molecule has 2 aliphatic heterocycles. The Bertz CT molecular complexity index is 342. The van der Waals surface area contributed by atoms with E-state index in [1.54, 1.807) is 13.2 Å². The molecule has 0 radical (unpaired) electrons.